The summed E-state index contributed by atoms with van der Waals surface area (Å²) in [6.07, 6.45) is 9.35. The number of pyridine rings is 1. The molecule has 6 heteroatoms. The van der Waals surface area contributed by atoms with E-state index in [1.54, 1.807) is 24.5 Å². The molecule has 0 saturated heterocycles. The number of anilines is 1. The van der Waals surface area contributed by atoms with Crippen molar-refractivity contribution >= 4 is 16.6 Å². The van der Waals surface area contributed by atoms with Crippen LogP contribution in [0.5, 0.6) is 0 Å². The number of nitriles is 1. The number of nitrogens with two attached hydrogens (primary N) is 1. The van der Waals surface area contributed by atoms with Crippen LogP contribution in [0.2, 0.25) is 0 Å². The van der Waals surface area contributed by atoms with Crippen LogP contribution in [0.4, 0.5) is 5.69 Å². The van der Waals surface area contributed by atoms with Crippen LogP contribution < -0.4 is 5.73 Å². The van der Waals surface area contributed by atoms with Crippen LogP contribution >= 0.6 is 0 Å². The standard InChI is InChI=1S/C23H16N6/c24-12-16-6-7-23(19(25)11-16)29-10-8-18-21(4-1-5-22(18)29)28-14-20(27-15-28)17-3-2-9-26-13-17/h1-11,13-15H,25H2. The Labute approximate surface area is 167 Å². The highest BCUT2D eigenvalue weighted by molar-refractivity contribution is 5.90. The molecule has 0 saturated carbocycles. The molecule has 6 nitrogen and oxygen atoms in total. The van der Waals surface area contributed by atoms with E-state index >= 15 is 0 Å². The summed E-state index contributed by atoms with van der Waals surface area (Å²) in [6.45, 7) is 0. The minimum absolute atomic E-state index is 0.546. The monoisotopic (exact) mass is 376 g/mol. The van der Waals surface area contributed by atoms with Crippen molar-refractivity contribution in [2.45, 2.75) is 0 Å². The van der Waals surface area contributed by atoms with Crippen molar-refractivity contribution in [1.29, 1.82) is 5.26 Å². The van der Waals surface area contributed by atoms with Gasteiger partial charge in [0.1, 0.15) is 0 Å². The Hall–Kier alpha value is -4.37. The van der Waals surface area contributed by atoms with Crippen molar-refractivity contribution in [3.63, 3.8) is 0 Å². The van der Waals surface area contributed by atoms with Crippen LogP contribution in [0.25, 0.3) is 33.5 Å². The predicted molar refractivity (Wildman–Crippen MR) is 113 cm³/mol. The predicted octanol–water partition coefficient (Wildman–Crippen LogP) is 4.33. The molecule has 0 aliphatic heterocycles. The van der Waals surface area contributed by atoms with E-state index in [0.717, 1.165) is 33.5 Å². The molecule has 138 valence electrons. The SMILES string of the molecule is N#Cc1ccc(-n2ccc3c(-n4cnc(-c5cccnc5)c4)cccc32)c(N)c1. The Morgan fingerprint density at radius 1 is 1.00 bits per heavy atom. The fourth-order valence-electron chi connectivity index (χ4n) is 3.55. The number of fused-ring (bicyclic) bond motifs is 1. The van der Waals surface area contributed by atoms with E-state index in [1.165, 1.54) is 0 Å². The molecular weight excluding hydrogens is 360 g/mol. The number of benzene rings is 2. The summed E-state index contributed by atoms with van der Waals surface area (Å²) in [7, 11) is 0. The Morgan fingerprint density at radius 3 is 2.72 bits per heavy atom. The second kappa shape index (κ2) is 6.66. The molecule has 0 fully saturated rings. The number of rotatable bonds is 3. The third-order valence-electron chi connectivity index (χ3n) is 4.94. The average molecular weight is 376 g/mol. The van der Waals surface area contributed by atoms with Crippen molar-refractivity contribution in [3.8, 4) is 28.7 Å². The van der Waals surface area contributed by atoms with Crippen LogP contribution in [-0.2, 0) is 0 Å². The fraction of sp³-hybridized carbons (Fsp3) is 0. The van der Waals surface area contributed by atoms with Gasteiger partial charge in [-0.05, 0) is 48.5 Å². The lowest BCUT2D eigenvalue weighted by Gasteiger charge is -2.10. The summed E-state index contributed by atoms with van der Waals surface area (Å²) in [6, 6.07) is 19.5. The Kier molecular flexibility index (Phi) is 3.85. The van der Waals surface area contributed by atoms with Gasteiger partial charge in [-0.2, -0.15) is 5.26 Å². The zero-order chi connectivity index (χ0) is 19.8. The first-order chi connectivity index (χ1) is 14.2. The minimum Gasteiger partial charge on any atom is -0.397 e. The summed E-state index contributed by atoms with van der Waals surface area (Å²) < 4.78 is 4.05. The van der Waals surface area contributed by atoms with Gasteiger partial charge in [-0.15, -0.1) is 0 Å². The first-order valence-electron chi connectivity index (χ1n) is 9.09. The second-order valence-electron chi connectivity index (χ2n) is 6.69. The molecule has 0 unspecified atom stereocenters. The van der Waals surface area contributed by atoms with Gasteiger partial charge in [0.2, 0.25) is 0 Å². The first-order valence-corrected chi connectivity index (χ1v) is 9.09. The van der Waals surface area contributed by atoms with Gasteiger partial charge < -0.3 is 14.9 Å². The van der Waals surface area contributed by atoms with E-state index in [1.807, 2.05) is 52.1 Å². The Balaban J connectivity index is 1.62. The topological polar surface area (TPSA) is 85.5 Å². The molecule has 0 amide bonds. The second-order valence-corrected chi connectivity index (χ2v) is 6.69. The average Bonchev–Trinajstić information content (AvgIpc) is 3.42. The van der Waals surface area contributed by atoms with Crippen LogP contribution in [0, 0.1) is 11.3 Å². The van der Waals surface area contributed by atoms with E-state index in [-0.39, 0.29) is 0 Å². The number of hydrogen-bond donors (Lipinski definition) is 1. The highest BCUT2D eigenvalue weighted by Crippen LogP contribution is 2.29. The normalized spacial score (nSPS) is 10.9. The zero-order valence-corrected chi connectivity index (χ0v) is 15.4. The molecule has 2 aromatic carbocycles. The lowest BCUT2D eigenvalue weighted by molar-refractivity contribution is 1.07. The van der Waals surface area contributed by atoms with Crippen molar-refractivity contribution in [3.05, 3.63) is 91.3 Å². The van der Waals surface area contributed by atoms with Crippen molar-refractivity contribution in [1.82, 2.24) is 19.1 Å². The number of aromatic nitrogens is 4. The van der Waals surface area contributed by atoms with Gasteiger partial charge in [0, 0.05) is 35.7 Å². The minimum atomic E-state index is 0.546. The van der Waals surface area contributed by atoms with Crippen LogP contribution in [0.15, 0.2) is 85.7 Å². The molecule has 3 heterocycles. The third-order valence-corrected chi connectivity index (χ3v) is 4.94. The van der Waals surface area contributed by atoms with E-state index in [0.29, 0.717) is 11.3 Å². The van der Waals surface area contributed by atoms with E-state index in [9.17, 15) is 0 Å². The fourth-order valence-corrected chi connectivity index (χ4v) is 3.55. The Bertz CT molecular complexity index is 1370. The molecule has 0 spiro atoms. The van der Waals surface area contributed by atoms with Gasteiger partial charge in [-0.25, -0.2) is 4.98 Å². The van der Waals surface area contributed by atoms with Gasteiger partial charge >= 0.3 is 0 Å². The maximum Gasteiger partial charge on any atom is 0.0999 e. The maximum absolute atomic E-state index is 9.08. The van der Waals surface area contributed by atoms with E-state index in [2.05, 4.69) is 34.2 Å². The molecule has 0 bridgehead atoms. The van der Waals surface area contributed by atoms with E-state index < -0.39 is 0 Å². The molecule has 0 aliphatic rings. The quantitative estimate of drug-likeness (QED) is 0.475. The van der Waals surface area contributed by atoms with Gasteiger partial charge in [0.05, 0.1) is 46.2 Å². The first kappa shape index (κ1) is 16.8. The van der Waals surface area contributed by atoms with Crippen LogP contribution in [0.3, 0.4) is 0 Å². The van der Waals surface area contributed by atoms with Gasteiger partial charge in [0.25, 0.3) is 0 Å². The summed E-state index contributed by atoms with van der Waals surface area (Å²) in [5.74, 6) is 0. The van der Waals surface area contributed by atoms with Crippen LogP contribution in [-0.4, -0.2) is 19.1 Å². The molecule has 0 radical (unpaired) electrons. The smallest absolute Gasteiger partial charge is 0.0999 e. The molecule has 0 atom stereocenters. The molecule has 29 heavy (non-hydrogen) atoms. The number of nitrogen functional groups attached to an aromatic ring is 1. The molecular formula is C23H16N6. The van der Waals surface area contributed by atoms with Gasteiger partial charge in [-0.3, -0.25) is 4.98 Å². The van der Waals surface area contributed by atoms with E-state index in [4.69, 9.17) is 11.0 Å². The lowest BCUT2D eigenvalue weighted by atomic mass is 10.1. The van der Waals surface area contributed by atoms with Crippen molar-refractivity contribution in [2.24, 2.45) is 0 Å². The largest absolute Gasteiger partial charge is 0.397 e. The molecule has 0 aliphatic carbocycles. The highest BCUT2D eigenvalue weighted by Gasteiger charge is 2.12. The zero-order valence-electron chi connectivity index (χ0n) is 15.4. The summed E-state index contributed by atoms with van der Waals surface area (Å²) in [4.78, 5) is 8.70. The molecule has 3 aromatic heterocycles. The number of hydrogen-bond acceptors (Lipinski definition) is 4. The highest BCUT2D eigenvalue weighted by atomic mass is 15.0. The summed E-state index contributed by atoms with van der Waals surface area (Å²) in [5.41, 5.74) is 12.0. The molecule has 2 N–H and O–H groups in total. The molecule has 5 rings (SSSR count). The Morgan fingerprint density at radius 2 is 1.93 bits per heavy atom. The van der Waals surface area contributed by atoms with Gasteiger partial charge in [-0.1, -0.05) is 6.07 Å². The van der Waals surface area contributed by atoms with Crippen LogP contribution in [0.1, 0.15) is 5.56 Å². The lowest BCUT2D eigenvalue weighted by Crippen LogP contribution is -1.99. The number of nitrogens with zero attached hydrogens (tertiary/aromatic N) is 5. The third kappa shape index (κ3) is 2.82. The number of imidazole rings is 1. The van der Waals surface area contributed by atoms with Crippen molar-refractivity contribution < 1.29 is 0 Å². The van der Waals surface area contributed by atoms with Crippen molar-refractivity contribution in [2.75, 3.05) is 5.73 Å². The maximum atomic E-state index is 9.08. The van der Waals surface area contributed by atoms with Gasteiger partial charge in [0.15, 0.2) is 0 Å². The summed E-state index contributed by atoms with van der Waals surface area (Å²) >= 11 is 0. The summed E-state index contributed by atoms with van der Waals surface area (Å²) in [5, 5.41) is 10.2. The molecule has 5 aromatic rings.